The maximum Gasteiger partial charge on any atom is 0.256 e. The van der Waals surface area contributed by atoms with Gasteiger partial charge < -0.3 is 15.5 Å². The predicted octanol–water partition coefficient (Wildman–Crippen LogP) is 3.02. The molecule has 2 N–H and O–H groups in total. The first-order valence-electron chi connectivity index (χ1n) is 8.89. The van der Waals surface area contributed by atoms with E-state index in [-0.39, 0.29) is 5.91 Å². The Kier molecular flexibility index (Phi) is 3.80. The third kappa shape index (κ3) is 2.91. The molecule has 2 aromatic rings. The number of anilines is 1. The van der Waals surface area contributed by atoms with Crippen molar-refractivity contribution in [3.63, 3.8) is 0 Å². The summed E-state index contributed by atoms with van der Waals surface area (Å²) in [5, 5.41) is 0. The second-order valence-electron chi connectivity index (χ2n) is 7.76. The largest absolute Gasteiger partial charge is 0.398 e. The maximum absolute atomic E-state index is 12.7. The fourth-order valence-electron chi connectivity index (χ4n) is 4.09. The standard InChI is InChI=1S/C21H25N3O/c1-23(2)14-21(9-10-21)17-7-3-5-15(11-17)12-24-13-16-6-4-8-18(22)19(16)20(24)25/h3-8,11H,9-10,12-14,22H2,1-2H3. The van der Waals surface area contributed by atoms with Gasteiger partial charge in [0.05, 0.1) is 5.56 Å². The summed E-state index contributed by atoms with van der Waals surface area (Å²) in [4.78, 5) is 16.9. The average Bonchev–Trinajstić information content (AvgIpc) is 3.27. The number of nitrogens with two attached hydrogens (primary N) is 1. The van der Waals surface area contributed by atoms with Gasteiger partial charge in [0.15, 0.2) is 0 Å². The first-order chi connectivity index (χ1) is 12.0. The number of hydrogen-bond donors (Lipinski definition) is 1. The summed E-state index contributed by atoms with van der Waals surface area (Å²) in [7, 11) is 4.27. The highest BCUT2D eigenvalue weighted by atomic mass is 16.2. The van der Waals surface area contributed by atoms with Crippen molar-refractivity contribution >= 4 is 11.6 Å². The van der Waals surface area contributed by atoms with E-state index in [0.717, 1.165) is 12.1 Å². The van der Waals surface area contributed by atoms with Crippen LogP contribution in [-0.4, -0.2) is 36.3 Å². The second-order valence-corrected chi connectivity index (χ2v) is 7.76. The van der Waals surface area contributed by atoms with Crippen LogP contribution in [0.5, 0.6) is 0 Å². The van der Waals surface area contributed by atoms with E-state index in [2.05, 4.69) is 43.3 Å². The molecule has 1 amide bonds. The number of benzene rings is 2. The van der Waals surface area contributed by atoms with E-state index in [0.29, 0.717) is 29.8 Å². The topological polar surface area (TPSA) is 49.6 Å². The summed E-state index contributed by atoms with van der Waals surface area (Å²) in [6, 6.07) is 14.5. The highest BCUT2D eigenvalue weighted by Gasteiger charge is 2.44. The molecule has 130 valence electrons. The Morgan fingerprint density at radius 2 is 1.92 bits per heavy atom. The molecule has 2 aromatic carbocycles. The van der Waals surface area contributed by atoms with Gasteiger partial charge in [-0.3, -0.25) is 4.79 Å². The number of carbonyl (C=O) groups excluding carboxylic acids is 1. The number of nitrogen functional groups attached to an aromatic ring is 1. The van der Waals surface area contributed by atoms with Gasteiger partial charge in [-0.2, -0.15) is 0 Å². The SMILES string of the molecule is CN(C)CC1(c2cccc(CN3Cc4cccc(N)c4C3=O)c2)CC1. The van der Waals surface area contributed by atoms with Crippen molar-refractivity contribution in [1.82, 2.24) is 9.80 Å². The number of hydrogen-bond acceptors (Lipinski definition) is 3. The Labute approximate surface area is 149 Å². The fraction of sp³-hybridized carbons (Fsp3) is 0.381. The Morgan fingerprint density at radius 1 is 1.16 bits per heavy atom. The van der Waals surface area contributed by atoms with Gasteiger partial charge in [-0.05, 0) is 49.7 Å². The minimum Gasteiger partial charge on any atom is -0.398 e. The van der Waals surface area contributed by atoms with Gasteiger partial charge in [-0.15, -0.1) is 0 Å². The molecule has 0 saturated heterocycles. The Morgan fingerprint density at radius 3 is 2.60 bits per heavy atom. The van der Waals surface area contributed by atoms with Gasteiger partial charge in [0.1, 0.15) is 0 Å². The lowest BCUT2D eigenvalue weighted by atomic mass is 9.94. The van der Waals surface area contributed by atoms with Crippen LogP contribution in [0.2, 0.25) is 0 Å². The van der Waals surface area contributed by atoms with Gasteiger partial charge >= 0.3 is 0 Å². The first kappa shape index (κ1) is 16.2. The average molecular weight is 335 g/mol. The number of fused-ring (bicyclic) bond motifs is 1. The summed E-state index contributed by atoms with van der Waals surface area (Å²) >= 11 is 0. The molecule has 0 aromatic heterocycles. The minimum atomic E-state index is 0.0490. The smallest absolute Gasteiger partial charge is 0.256 e. The van der Waals surface area contributed by atoms with E-state index < -0.39 is 0 Å². The lowest BCUT2D eigenvalue weighted by molar-refractivity contribution is 0.0767. The summed E-state index contributed by atoms with van der Waals surface area (Å²) < 4.78 is 0. The molecule has 2 aliphatic rings. The van der Waals surface area contributed by atoms with E-state index in [1.807, 2.05) is 17.0 Å². The van der Waals surface area contributed by atoms with E-state index in [1.165, 1.54) is 24.0 Å². The first-order valence-corrected chi connectivity index (χ1v) is 8.89. The van der Waals surface area contributed by atoms with E-state index >= 15 is 0 Å². The van der Waals surface area contributed by atoms with Gasteiger partial charge in [0.2, 0.25) is 0 Å². The third-order valence-electron chi connectivity index (χ3n) is 5.43. The molecule has 25 heavy (non-hydrogen) atoms. The minimum absolute atomic E-state index is 0.0490. The van der Waals surface area contributed by atoms with Crippen molar-refractivity contribution in [2.24, 2.45) is 0 Å². The Hall–Kier alpha value is -2.33. The Balaban J connectivity index is 1.54. The molecule has 4 heteroatoms. The molecule has 1 saturated carbocycles. The van der Waals surface area contributed by atoms with Crippen LogP contribution in [0.15, 0.2) is 42.5 Å². The van der Waals surface area contributed by atoms with Crippen molar-refractivity contribution in [1.29, 1.82) is 0 Å². The number of rotatable bonds is 5. The van der Waals surface area contributed by atoms with Crippen molar-refractivity contribution in [2.75, 3.05) is 26.4 Å². The molecule has 0 radical (unpaired) electrons. The van der Waals surface area contributed by atoms with Crippen molar-refractivity contribution in [3.05, 3.63) is 64.7 Å². The summed E-state index contributed by atoms with van der Waals surface area (Å²) in [6.45, 7) is 2.37. The van der Waals surface area contributed by atoms with Crippen LogP contribution in [0.4, 0.5) is 5.69 Å². The molecule has 1 heterocycles. The van der Waals surface area contributed by atoms with E-state index in [1.54, 1.807) is 6.07 Å². The zero-order valence-electron chi connectivity index (χ0n) is 15.0. The molecule has 1 aliphatic heterocycles. The highest BCUT2D eigenvalue weighted by molar-refractivity contribution is 6.02. The number of nitrogens with zero attached hydrogens (tertiary/aromatic N) is 2. The molecule has 0 atom stereocenters. The van der Waals surface area contributed by atoms with Crippen LogP contribution in [0.1, 0.15) is 39.9 Å². The predicted molar refractivity (Wildman–Crippen MR) is 100 cm³/mol. The fourth-order valence-corrected chi connectivity index (χ4v) is 4.09. The van der Waals surface area contributed by atoms with E-state index in [9.17, 15) is 4.79 Å². The number of carbonyl (C=O) groups is 1. The summed E-state index contributed by atoms with van der Waals surface area (Å²) in [5.41, 5.74) is 11.2. The quantitative estimate of drug-likeness (QED) is 0.855. The number of amides is 1. The van der Waals surface area contributed by atoms with Gasteiger partial charge in [0.25, 0.3) is 5.91 Å². The normalized spacial score (nSPS) is 17.9. The maximum atomic E-state index is 12.7. The molecular weight excluding hydrogens is 310 g/mol. The van der Waals surface area contributed by atoms with Crippen LogP contribution in [0.25, 0.3) is 0 Å². The van der Waals surface area contributed by atoms with E-state index in [4.69, 9.17) is 5.73 Å². The molecule has 0 spiro atoms. The van der Waals surface area contributed by atoms with Gasteiger partial charge in [-0.1, -0.05) is 36.4 Å². The monoisotopic (exact) mass is 335 g/mol. The molecule has 4 nitrogen and oxygen atoms in total. The van der Waals surface area contributed by atoms with Gasteiger partial charge in [-0.25, -0.2) is 0 Å². The van der Waals surface area contributed by atoms with Crippen LogP contribution >= 0.6 is 0 Å². The number of likely N-dealkylation sites (N-methyl/N-ethyl adjacent to an activating group) is 1. The van der Waals surface area contributed by atoms with Crippen LogP contribution in [-0.2, 0) is 18.5 Å². The summed E-state index contributed by atoms with van der Waals surface area (Å²) in [5.74, 6) is 0.0490. The molecule has 4 rings (SSSR count). The molecule has 1 aliphatic carbocycles. The zero-order chi connectivity index (χ0) is 17.6. The van der Waals surface area contributed by atoms with Crippen LogP contribution in [0.3, 0.4) is 0 Å². The van der Waals surface area contributed by atoms with Crippen LogP contribution in [0, 0.1) is 0 Å². The summed E-state index contributed by atoms with van der Waals surface area (Å²) in [6.07, 6.45) is 2.50. The zero-order valence-corrected chi connectivity index (χ0v) is 15.0. The molecule has 0 bridgehead atoms. The Bertz CT molecular complexity index is 824. The van der Waals surface area contributed by atoms with Gasteiger partial charge in [0, 0.05) is 30.7 Å². The third-order valence-corrected chi connectivity index (χ3v) is 5.43. The second kappa shape index (κ2) is 5.88. The lowest BCUT2D eigenvalue weighted by Crippen LogP contribution is -2.26. The van der Waals surface area contributed by atoms with Crippen molar-refractivity contribution < 1.29 is 4.79 Å². The van der Waals surface area contributed by atoms with Crippen molar-refractivity contribution in [2.45, 2.75) is 31.3 Å². The lowest BCUT2D eigenvalue weighted by Gasteiger charge is -2.22. The van der Waals surface area contributed by atoms with Crippen molar-refractivity contribution in [3.8, 4) is 0 Å². The highest BCUT2D eigenvalue weighted by Crippen LogP contribution is 2.48. The molecule has 0 unspecified atom stereocenters. The molecular formula is C21H25N3O. The van der Waals surface area contributed by atoms with Crippen LogP contribution < -0.4 is 5.73 Å². The molecule has 1 fully saturated rings.